The SMILES string of the molecule is NC(=O)c1cnc2c(c1NC1C[C@@H]3CC[C@@H](C1)N3C(=O)Cc1ccc(F)cc1)C=CC2. The van der Waals surface area contributed by atoms with E-state index in [1.54, 1.807) is 18.3 Å². The summed E-state index contributed by atoms with van der Waals surface area (Å²) in [7, 11) is 0. The average Bonchev–Trinajstić information content (AvgIpc) is 3.32. The van der Waals surface area contributed by atoms with Crippen LogP contribution >= 0.6 is 0 Å². The van der Waals surface area contributed by atoms with Gasteiger partial charge in [-0.3, -0.25) is 14.6 Å². The van der Waals surface area contributed by atoms with Crippen LogP contribution in [0.1, 0.15) is 52.9 Å². The summed E-state index contributed by atoms with van der Waals surface area (Å²) in [6.07, 6.45) is 10.2. The maximum atomic E-state index is 13.2. The van der Waals surface area contributed by atoms with Crippen LogP contribution in [0.25, 0.3) is 6.08 Å². The number of nitrogens with one attached hydrogen (secondary N) is 1. The van der Waals surface area contributed by atoms with Crippen molar-refractivity contribution >= 4 is 23.6 Å². The highest BCUT2D eigenvalue weighted by molar-refractivity contribution is 6.00. The highest BCUT2D eigenvalue weighted by atomic mass is 19.1. The van der Waals surface area contributed by atoms with Gasteiger partial charge in [0, 0.05) is 36.3 Å². The van der Waals surface area contributed by atoms with Crippen molar-refractivity contribution in [2.24, 2.45) is 5.73 Å². The molecule has 1 aliphatic carbocycles. The van der Waals surface area contributed by atoms with Gasteiger partial charge in [0.15, 0.2) is 0 Å². The molecule has 0 unspecified atom stereocenters. The third kappa shape index (κ3) is 3.69. The molecule has 3 N–H and O–H groups in total. The zero-order valence-corrected chi connectivity index (χ0v) is 17.2. The molecular formula is C24H25FN4O2. The van der Waals surface area contributed by atoms with E-state index in [9.17, 15) is 14.0 Å². The fourth-order valence-electron chi connectivity index (χ4n) is 5.31. The standard InChI is InChI=1S/C24H25FN4O2/c25-15-6-4-14(5-7-15)10-22(30)29-17-8-9-18(29)12-16(11-17)28-23-19-2-1-3-21(19)27-13-20(23)24(26)31/h1-2,4-7,13,16-18H,3,8-12H2,(H2,26,31)(H,27,28)/t17-,18-/m0/s1. The Morgan fingerprint density at radius 3 is 2.55 bits per heavy atom. The number of anilines is 1. The van der Waals surface area contributed by atoms with Gasteiger partial charge in [-0.25, -0.2) is 4.39 Å². The number of hydrogen-bond donors (Lipinski definition) is 2. The number of piperidine rings is 1. The van der Waals surface area contributed by atoms with E-state index in [1.165, 1.54) is 12.1 Å². The number of pyridine rings is 1. The number of allylic oxidation sites excluding steroid dienone is 1. The van der Waals surface area contributed by atoms with E-state index in [1.807, 2.05) is 17.1 Å². The number of nitrogens with zero attached hydrogens (tertiary/aromatic N) is 2. The van der Waals surface area contributed by atoms with Gasteiger partial charge >= 0.3 is 0 Å². The molecular weight excluding hydrogens is 395 g/mol. The largest absolute Gasteiger partial charge is 0.381 e. The Morgan fingerprint density at radius 1 is 1.16 bits per heavy atom. The molecule has 2 aliphatic heterocycles. The molecule has 1 aromatic heterocycles. The lowest BCUT2D eigenvalue weighted by Gasteiger charge is -2.40. The number of hydrogen-bond acceptors (Lipinski definition) is 4. The molecule has 2 atom stereocenters. The number of amides is 2. The quantitative estimate of drug-likeness (QED) is 0.778. The number of nitrogens with two attached hydrogens (primary N) is 1. The predicted octanol–water partition coefficient (Wildman–Crippen LogP) is 3.07. The molecule has 160 valence electrons. The van der Waals surface area contributed by atoms with Crippen molar-refractivity contribution in [2.45, 2.75) is 56.7 Å². The van der Waals surface area contributed by atoms with Crippen LogP contribution in [0.2, 0.25) is 0 Å². The van der Waals surface area contributed by atoms with Crippen molar-refractivity contribution < 1.29 is 14.0 Å². The first-order valence-electron chi connectivity index (χ1n) is 10.8. The number of fused-ring (bicyclic) bond motifs is 3. The van der Waals surface area contributed by atoms with Gasteiger partial charge in [-0.15, -0.1) is 0 Å². The van der Waals surface area contributed by atoms with Crippen LogP contribution in [-0.4, -0.2) is 39.8 Å². The maximum absolute atomic E-state index is 13.2. The molecule has 31 heavy (non-hydrogen) atoms. The summed E-state index contributed by atoms with van der Waals surface area (Å²) >= 11 is 0. The third-order valence-electron chi connectivity index (χ3n) is 6.70. The van der Waals surface area contributed by atoms with E-state index < -0.39 is 5.91 Å². The van der Waals surface area contributed by atoms with Crippen LogP contribution in [0.3, 0.4) is 0 Å². The Labute approximate surface area is 180 Å². The van der Waals surface area contributed by atoms with Crippen LogP contribution in [0.4, 0.5) is 10.1 Å². The van der Waals surface area contributed by atoms with E-state index in [0.717, 1.165) is 54.6 Å². The van der Waals surface area contributed by atoms with Crippen LogP contribution < -0.4 is 11.1 Å². The van der Waals surface area contributed by atoms with Crippen molar-refractivity contribution in [3.8, 4) is 0 Å². The van der Waals surface area contributed by atoms with E-state index in [0.29, 0.717) is 12.0 Å². The Balaban J connectivity index is 1.31. The fraction of sp³-hybridized carbons (Fsp3) is 0.375. The average molecular weight is 420 g/mol. The van der Waals surface area contributed by atoms with Crippen molar-refractivity contribution in [1.82, 2.24) is 9.88 Å². The molecule has 2 bridgehead atoms. The minimum Gasteiger partial charge on any atom is -0.381 e. The third-order valence-corrected chi connectivity index (χ3v) is 6.70. The Kier molecular flexibility index (Phi) is 4.96. The van der Waals surface area contributed by atoms with Crippen molar-refractivity contribution in [3.05, 3.63) is 64.7 Å². The number of carbonyl (C=O) groups excluding carboxylic acids is 2. The maximum Gasteiger partial charge on any atom is 0.252 e. The topological polar surface area (TPSA) is 88.3 Å². The molecule has 2 fully saturated rings. The fourth-order valence-corrected chi connectivity index (χ4v) is 5.31. The van der Waals surface area contributed by atoms with Gasteiger partial charge in [-0.05, 0) is 43.4 Å². The van der Waals surface area contributed by atoms with Gasteiger partial charge < -0.3 is 16.0 Å². The number of rotatable bonds is 5. The molecule has 0 radical (unpaired) electrons. The van der Waals surface area contributed by atoms with Crippen molar-refractivity contribution in [1.29, 1.82) is 0 Å². The van der Waals surface area contributed by atoms with E-state index in [-0.39, 0.29) is 29.8 Å². The minimum atomic E-state index is -0.493. The zero-order chi connectivity index (χ0) is 21.5. The monoisotopic (exact) mass is 420 g/mol. The number of primary amides is 1. The first-order valence-corrected chi connectivity index (χ1v) is 10.8. The van der Waals surface area contributed by atoms with Gasteiger partial charge in [0.25, 0.3) is 5.91 Å². The molecule has 0 saturated carbocycles. The molecule has 2 saturated heterocycles. The molecule has 5 rings (SSSR count). The number of benzene rings is 1. The summed E-state index contributed by atoms with van der Waals surface area (Å²) < 4.78 is 13.2. The molecule has 2 aromatic rings. The van der Waals surface area contributed by atoms with Crippen LogP contribution in [-0.2, 0) is 17.6 Å². The number of halogens is 1. The second kappa shape index (κ2) is 7.80. The van der Waals surface area contributed by atoms with Gasteiger partial charge in [0.05, 0.1) is 23.4 Å². The van der Waals surface area contributed by atoms with Crippen LogP contribution in [0.15, 0.2) is 36.5 Å². The Morgan fingerprint density at radius 2 is 1.87 bits per heavy atom. The van der Waals surface area contributed by atoms with E-state index in [2.05, 4.69) is 10.3 Å². The smallest absolute Gasteiger partial charge is 0.252 e. The summed E-state index contributed by atoms with van der Waals surface area (Å²) in [4.78, 5) is 31.4. The highest BCUT2D eigenvalue weighted by Gasteiger charge is 2.43. The molecule has 2 amide bonds. The molecule has 6 nitrogen and oxygen atoms in total. The van der Waals surface area contributed by atoms with E-state index >= 15 is 0 Å². The zero-order valence-electron chi connectivity index (χ0n) is 17.2. The molecule has 3 heterocycles. The number of aromatic nitrogens is 1. The number of carbonyl (C=O) groups is 2. The predicted molar refractivity (Wildman–Crippen MR) is 116 cm³/mol. The highest BCUT2D eigenvalue weighted by Crippen LogP contribution is 2.39. The summed E-state index contributed by atoms with van der Waals surface area (Å²) in [6, 6.07) is 6.64. The molecule has 0 spiro atoms. The summed E-state index contributed by atoms with van der Waals surface area (Å²) in [5.41, 5.74) is 9.50. The summed E-state index contributed by atoms with van der Waals surface area (Å²) in [6.45, 7) is 0. The van der Waals surface area contributed by atoms with Crippen LogP contribution in [0.5, 0.6) is 0 Å². The van der Waals surface area contributed by atoms with Gasteiger partial charge in [0.1, 0.15) is 5.82 Å². The van der Waals surface area contributed by atoms with Crippen molar-refractivity contribution in [3.63, 3.8) is 0 Å². The van der Waals surface area contributed by atoms with Gasteiger partial charge in [-0.1, -0.05) is 24.3 Å². The summed E-state index contributed by atoms with van der Waals surface area (Å²) in [5, 5.41) is 3.58. The lowest BCUT2D eigenvalue weighted by Crippen LogP contribution is -2.50. The second-order valence-electron chi connectivity index (χ2n) is 8.68. The minimum absolute atomic E-state index is 0.100. The molecule has 7 heteroatoms. The first-order chi connectivity index (χ1) is 15.0. The van der Waals surface area contributed by atoms with Crippen molar-refractivity contribution in [2.75, 3.05) is 5.32 Å². The normalized spacial score (nSPS) is 23.6. The molecule has 1 aromatic carbocycles. The summed E-state index contributed by atoms with van der Waals surface area (Å²) in [5.74, 6) is -0.688. The first kappa shape index (κ1) is 19.7. The Bertz CT molecular complexity index is 1050. The van der Waals surface area contributed by atoms with Crippen LogP contribution in [0, 0.1) is 5.82 Å². The van der Waals surface area contributed by atoms with E-state index in [4.69, 9.17) is 5.73 Å². The molecule has 3 aliphatic rings. The van der Waals surface area contributed by atoms with Gasteiger partial charge in [-0.2, -0.15) is 0 Å². The lowest BCUT2D eigenvalue weighted by molar-refractivity contribution is -0.134. The van der Waals surface area contributed by atoms with Gasteiger partial charge in [0.2, 0.25) is 5.91 Å². The Hall–Kier alpha value is -3.22. The second-order valence-corrected chi connectivity index (χ2v) is 8.68. The lowest BCUT2D eigenvalue weighted by atomic mass is 9.95.